The third kappa shape index (κ3) is 3.73. The molecule has 94 valence electrons. The number of hydrogen-bond acceptors (Lipinski definition) is 2. The van der Waals surface area contributed by atoms with Crippen molar-refractivity contribution in [1.29, 1.82) is 0 Å². The Balaban J connectivity index is 2.62. The molecule has 3 nitrogen and oxygen atoms in total. The van der Waals surface area contributed by atoms with Crippen LogP contribution in [-0.4, -0.2) is 30.0 Å². The van der Waals surface area contributed by atoms with Crippen molar-refractivity contribution in [2.45, 2.75) is 26.9 Å². The summed E-state index contributed by atoms with van der Waals surface area (Å²) in [7, 11) is 0. The number of nitrogens with zero attached hydrogens (tertiary/aromatic N) is 1. The van der Waals surface area contributed by atoms with Gasteiger partial charge >= 0.3 is 0 Å². The molecule has 0 N–H and O–H groups in total. The Morgan fingerprint density at radius 1 is 1.29 bits per heavy atom. The van der Waals surface area contributed by atoms with Gasteiger partial charge in [0.15, 0.2) is 6.10 Å². The number of amides is 1. The van der Waals surface area contributed by atoms with Crippen LogP contribution in [0, 0.1) is 5.82 Å². The number of benzene rings is 1. The summed E-state index contributed by atoms with van der Waals surface area (Å²) in [5.74, 6) is 0.124. The second-order valence-electron chi connectivity index (χ2n) is 3.72. The molecule has 0 radical (unpaired) electrons. The number of hydrogen-bond donors (Lipinski definition) is 0. The predicted octanol–water partition coefficient (Wildman–Crippen LogP) is 2.46. The summed E-state index contributed by atoms with van der Waals surface area (Å²) in [6.45, 7) is 6.86. The van der Waals surface area contributed by atoms with Gasteiger partial charge in [-0.2, -0.15) is 0 Å². The van der Waals surface area contributed by atoms with E-state index in [-0.39, 0.29) is 11.7 Å². The van der Waals surface area contributed by atoms with Gasteiger partial charge in [0, 0.05) is 13.1 Å². The molecule has 1 unspecified atom stereocenters. The van der Waals surface area contributed by atoms with Crippen LogP contribution >= 0.6 is 0 Å². The minimum Gasteiger partial charge on any atom is -0.481 e. The lowest BCUT2D eigenvalue weighted by Gasteiger charge is -2.23. The van der Waals surface area contributed by atoms with Crippen LogP contribution in [0.15, 0.2) is 24.3 Å². The first-order valence-electron chi connectivity index (χ1n) is 5.79. The number of rotatable bonds is 5. The molecule has 0 saturated heterocycles. The highest BCUT2D eigenvalue weighted by molar-refractivity contribution is 5.80. The zero-order valence-electron chi connectivity index (χ0n) is 10.4. The lowest BCUT2D eigenvalue weighted by molar-refractivity contribution is -0.137. The number of carbonyl (C=O) groups is 1. The number of halogens is 1. The fraction of sp³-hybridized carbons (Fsp3) is 0.462. The zero-order chi connectivity index (χ0) is 12.8. The maximum absolute atomic E-state index is 12.7. The van der Waals surface area contributed by atoms with Crippen LogP contribution in [0.4, 0.5) is 4.39 Å². The minimum atomic E-state index is -0.555. The fourth-order valence-corrected chi connectivity index (χ4v) is 1.56. The van der Waals surface area contributed by atoms with Crippen molar-refractivity contribution >= 4 is 5.91 Å². The topological polar surface area (TPSA) is 29.5 Å². The van der Waals surface area contributed by atoms with Gasteiger partial charge in [-0.3, -0.25) is 4.79 Å². The Kier molecular flexibility index (Phi) is 4.94. The summed E-state index contributed by atoms with van der Waals surface area (Å²) < 4.78 is 18.1. The Morgan fingerprint density at radius 3 is 2.29 bits per heavy atom. The third-order valence-corrected chi connectivity index (χ3v) is 2.55. The summed E-state index contributed by atoms with van der Waals surface area (Å²) in [5, 5.41) is 0. The zero-order valence-corrected chi connectivity index (χ0v) is 10.4. The molecule has 4 heteroatoms. The minimum absolute atomic E-state index is 0.0562. The van der Waals surface area contributed by atoms with E-state index in [4.69, 9.17) is 4.74 Å². The maximum Gasteiger partial charge on any atom is 0.263 e. The molecule has 1 amide bonds. The van der Waals surface area contributed by atoms with Crippen molar-refractivity contribution < 1.29 is 13.9 Å². The van der Waals surface area contributed by atoms with Crippen LogP contribution in [-0.2, 0) is 4.79 Å². The Hall–Kier alpha value is -1.58. The van der Waals surface area contributed by atoms with Crippen LogP contribution in [0.3, 0.4) is 0 Å². The highest BCUT2D eigenvalue weighted by Crippen LogP contribution is 2.13. The van der Waals surface area contributed by atoms with E-state index in [1.807, 2.05) is 13.8 Å². The first-order valence-corrected chi connectivity index (χ1v) is 5.79. The van der Waals surface area contributed by atoms with Gasteiger partial charge in [0.1, 0.15) is 11.6 Å². The van der Waals surface area contributed by atoms with Crippen molar-refractivity contribution in [3.8, 4) is 5.75 Å². The van der Waals surface area contributed by atoms with Crippen molar-refractivity contribution in [3.05, 3.63) is 30.1 Å². The average Bonchev–Trinajstić information content (AvgIpc) is 2.33. The quantitative estimate of drug-likeness (QED) is 0.790. The summed E-state index contributed by atoms with van der Waals surface area (Å²) in [4.78, 5) is 13.6. The summed E-state index contributed by atoms with van der Waals surface area (Å²) in [5.41, 5.74) is 0. The number of carbonyl (C=O) groups excluding carboxylic acids is 1. The summed E-state index contributed by atoms with van der Waals surface area (Å²) in [6, 6.07) is 5.65. The average molecular weight is 239 g/mol. The molecule has 0 aromatic heterocycles. The third-order valence-electron chi connectivity index (χ3n) is 2.55. The first kappa shape index (κ1) is 13.5. The second-order valence-corrected chi connectivity index (χ2v) is 3.72. The van der Waals surface area contributed by atoms with E-state index in [1.54, 1.807) is 11.8 Å². The smallest absolute Gasteiger partial charge is 0.263 e. The van der Waals surface area contributed by atoms with Crippen molar-refractivity contribution in [2.24, 2.45) is 0 Å². The van der Waals surface area contributed by atoms with Gasteiger partial charge in [0.05, 0.1) is 0 Å². The fourth-order valence-electron chi connectivity index (χ4n) is 1.56. The molecular formula is C13H18FNO2. The molecule has 0 fully saturated rings. The molecule has 0 aliphatic rings. The predicted molar refractivity (Wildman–Crippen MR) is 64.4 cm³/mol. The van der Waals surface area contributed by atoms with Gasteiger partial charge in [-0.15, -0.1) is 0 Å². The van der Waals surface area contributed by atoms with E-state index in [9.17, 15) is 9.18 Å². The highest BCUT2D eigenvalue weighted by Gasteiger charge is 2.19. The van der Waals surface area contributed by atoms with Gasteiger partial charge in [-0.25, -0.2) is 4.39 Å². The molecular weight excluding hydrogens is 221 g/mol. The SMILES string of the molecule is CCN(CC)C(=O)C(C)Oc1ccc(F)cc1. The van der Waals surface area contributed by atoms with Gasteiger partial charge in [-0.05, 0) is 45.0 Å². The molecule has 0 heterocycles. The standard InChI is InChI=1S/C13H18FNO2/c1-4-15(5-2)13(16)10(3)17-12-8-6-11(14)7-9-12/h6-10H,4-5H2,1-3H3. The maximum atomic E-state index is 12.7. The van der Waals surface area contributed by atoms with Gasteiger partial charge in [0.25, 0.3) is 5.91 Å². The molecule has 17 heavy (non-hydrogen) atoms. The Labute approximate surface area is 101 Å². The number of likely N-dealkylation sites (N-methyl/N-ethyl adjacent to an activating group) is 1. The summed E-state index contributed by atoms with van der Waals surface area (Å²) >= 11 is 0. The normalized spacial score (nSPS) is 12.0. The van der Waals surface area contributed by atoms with Crippen LogP contribution in [0.1, 0.15) is 20.8 Å². The van der Waals surface area contributed by atoms with E-state index in [0.29, 0.717) is 18.8 Å². The van der Waals surface area contributed by atoms with Crippen molar-refractivity contribution in [2.75, 3.05) is 13.1 Å². The van der Waals surface area contributed by atoms with Crippen molar-refractivity contribution in [3.63, 3.8) is 0 Å². The van der Waals surface area contributed by atoms with E-state index >= 15 is 0 Å². The molecule has 1 aromatic rings. The Bertz CT molecular complexity index is 360. The van der Waals surface area contributed by atoms with Crippen LogP contribution in [0.5, 0.6) is 5.75 Å². The molecule has 0 spiro atoms. The number of ether oxygens (including phenoxy) is 1. The molecule has 0 bridgehead atoms. The summed E-state index contributed by atoms with van der Waals surface area (Å²) in [6.07, 6.45) is -0.555. The van der Waals surface area contributed by atoms with E-state index < -0.39 is 6.10 Å². The monoisotopic (exact) mass is 239 g/mol. The van der Waals surface area contributed by atoms with Gasteiger partial charge < -0.3 is 9.64 Å². The van der Waals surface area contributed by atoms with Gasteiger partial charge in [0.2, 0.25) is 0 Å². The lowest BCUT2D eigenvalue weighted by Crippen LogP contribution is -2.40. The van der Waals surface area contributed by atoms with Crippen molar-refractivity contribution in [1.82, 2.24) is 4.90 Å². The highest BCUT2D eigenvalue weighted by atomic mass is 19.1. The van der Waals surface area contributed by atoms with E-state index in [0.717, 1.165) is 0 Å². The van der Waals surface area contributed by atoms with Crippen LogP contribution in [0.25, 0.3) is 0 Å². The molecule has 0 saturated carbocycles. The van der Waals surface area contributed by atoms with Crippen LogP contribution < -0.4 is 4.74 Å². The molecule has 0 aliphatic heterocycles. The van der Waals surface area contributed by atoms with Crippen LogP contribution in [0.2, 0.25) is 0 Å². The lowest BCUT2D eigenvalue weighted by atomic mass is 10.3. The molecule has 1 atom stereocenters. The van der Waals surface area contributed by atoms with Gasteiger partial charge in [-0.1, -0.05) is 0 Å². The second kappa shape index (κ2) is 6.23. The first-order chi connectivity index (χ1) is 8.08. The largest absolute Gasteiger partial charge is 0.481 e. The van der Waals surface area contributed by atoms with E-state index in [1.165, 1.54) is 24.3 Å². The molecule has 0 aliphatic carbocycles. The van der Waals surface area contributed by atoms with E-state index in [2.05, 4.69) is 0 Å². The Morgan fingerprint density at radius 2 is 1.82 bits per heavy atom. The molecule has 1 aromatic carbocycles. The molecule has 1 rings (SSSR count).